The summed E-state index contributed by atoms with van der Waals surface area (Å²) in [6, 6.07) is 5.69. The minimum atomic E-state index is -4.69. The predicted octanol–water partition coefficient (Wildman–Crippen LogP) is 2.83. The Labute approximate surface area is 154 Å². The third kappa shape index (κ3) is 5.49. The fourth-order valence-corrected chi connectivity index (χ4v) is 2.83. The molecule has 0 unspecified atom stereocenters. The van der Waals surface area contributed by atoms with E-state index >= 15 is 0 Å². The van der Waals surface area contributed by atoms with Gasteiger partial charge >= 0.3 is 18.2 Å². The highest BCUT2D eigenvalue weighted by Gasteiger charge is 2.53. The van der Waals surface area contributed by atoms with E-state index in [-0.39, 0.29) is 0 Å². The van der Waals surface area contributed by atoms with Gasteiger partial charge in [-0.3, -0.25) is 4.79 Å². The van der Waals surface area contributed by atoms with Gasteiger partial charge in [0.05, 0.1) is 24.1 Å². The van der Waals surface area contributed by atoms with Crippen LogP contribution in [0.2, 0.25) is 0 Å². The van der Waals surface area contributed by atoms with E-state index in [9.17, 15) is 22.8 Å². The smallest absolute Gasteiger partial charge is 0.394 e. The molecule has 2 atom stereocenters. The van der Waals surface area contributed by atoms with E-state index < -0.39 is 43.1 Å². The summed E-state index contributed by atoms with van der Waals surface area (Å²) < 4.78 is 49.6. The maximum atomic E-state index is 13.0. The molecule has 1 aromatic carbocycles. The number of rotatable bonds is 7. The number of carboxylic acids is 1. The molecule has 0 spiro atoms. The molecule has 7 nitrogen and oxygen atoms in total. The lowest BCUT2D eigenvalue weighted by Crippen LogP contribution is -2.35. The van der Waals surface area contributed by atoms with Gasteiger partial charge in [-0.15, -0.1) is 0 Å². The van der Waals surface area contributed by atoms with Crippen LogP contribution in [0.5, 0.6) is 5.75 Å². The molecule has 1 fully saturated rings. The van der Waals surface area contributed by atoms with Crippen molar-refractivity contribution in [1.29, 1.82) is 0 Å². The number of methoxy groups -OCH3 is 1. The van der Waals surface area contributed by atoms with Crippen LogP contribution < -0.4 is 10.1 Å². The van der Waals surface area contributed by atoms with E-state index in [4.69, 9.17) is 14.6 Å². The summed E-state index contributed by atoms with van der Waals surface area (Å²) in [6.07, 6.45) is -4.07. The molecular formula is C17H21F3N2O5. The first-order chi connectivity index (χ1) is 12.7. The van der Waals surface area contributed by atoms with Gasteiger partial charge in [0, 0.05) is 33.2 Å². The number of alkyl halides is 3. The van der Waals surface area contributed by atoms with Crippen molar-refractivity contribution in [2.75, 3.05) is 38.7 Å². The van der Waals surface area contributed by atoms with Crippen LogP contribution in [-0.2, 0) is 9.53 Å². The number of halogens is 3. The average molecular weight is 390 g/mol. The number of nitrogens with one attached hydrogen (secondary N) is 1. The molecule has 0 aliphatic carbocycles. The maximum Gasteiger partial charge on any atom is 0.394 e. The van der Waals surface area contributed by atoms with Crippen LogP contribution in [0.4, 0.5) is 23.7 Å². The number of hydrogen-bond donors (Lipinski definition) is 2. The van der Waals surface area contributed by atoms with Crippen LogP contribution in [0, 0.1) is 11.8 Å². The number of carbonyl (C=O) groups is 2. The van der Waals surface area contributed by atoms with E-state index in [2.05, 4.69) is 5.32 Å². The van der Waals surface area contributed by atoms with Crippen LogP contribution >= 0.6 is 0 Å². The van der Waals surface area contributed by atoms with Crippen molar-refractivity contribution >= 4 is 17.7 Å². The highest BCUT2D eigenvalue weighted by atomic mass is 19.4. The van der Waals surface area contributed by atoms with Crippen molar-refractivity contribution in [2.24, 2.45) is 11.8 Å². The average Bonchev–Trinajstić information content (AvgIpc) is 3.06. The summed E-state index contributed by atoms with van der Waals surface area (Å²) in [4.78, 5) is 24.3. The molecule has 2 amide bonds. The number of likely N-dealkylation sites (tertiary alicyclic amines) is 1. The van der Waals surface area contributed by atoms with E-state index in [1.165, 1.54) is 0 Å². The quantitative estimate of drug-likeness (QED) is 0.699. The van der Waals surface area contributed by atoms with Gasteiger partial charge < -0.3 is 24.8 Å². The van der Waals surface area contributed by atoms with Crippen LogP contribution in [0.1, 0.15) is 6.42 Å². The summed E-state index contributed by atoms with van der Waals surface area (Å²) in [5, 5.41) is 11.5. The van der Waals surface area contributed by atoms with Crippen molar-refractivity contribution in [3.05, 3.63) is 24.3 Å². The zero-order valence-electron chi connectivity index (χ0n) is 14.7. The summed E-state index contributed by atoms with van der Waals surface area (Å²) in [5.41, 5.74) is 0.294. The second-order valence-electron chi connectivity index (χ2n) is 6.12. The molecular weight excluding hydrogens is 369 g/mol. The zero-order valence-corrected chi connectivity index (χ0v) is 14.7. The molecule has 0 saturated carbocycles. The van der Waals surface area contributed by atoms with Gasteiger partial charge in [-0.25, -0.2) is 4.79 Å². The number of carbonyl (C=O) groups excluding carboxylic acids is 1. The Morgan fingerprint density at radius 1 is 1.26 bits per heavy atom. The van der Waals surface area contributed by atoms with Crippen molar-refractivity contribution in [3.8, 4) is 5.75 Å². The zero-order chi connectivity index (χ0) is 20.0. The van der Waals surface area contributed by atoms with Gasteiger partial charge in [0.25, 0.3) is 0 Å². The number of ether oxygens (including phenoxy) is 2. The molecule has 2 N–H and O–H groups in total. The van der Waals surface area contributed by atoms with Gasteiger partial charge in [0.2, 0.25) is 0 Å². The predicted molar refractivity (Wildman–Crippen MR) is 89.7 cm³/mol. The summed E-state index contributed by atoms with van der Waals surface area (Å²) in [5.74, 6) is -4.99. The monoisotopic (exact) mass is 390 g/mol. The number of benzene rings is 1. The molecule has 150 valence electrons. The van der Waals surface area contributed by atoms with Gasteiger partial charge in [0.15, 0.2) is 0 Å². The normalized spacial score (nSPS) is 19.8. The molecule has 0 radical (unpaired) electrons. The third-order valence-corrected chi connectivity index (χ3v) is 4.22. The minimum absolute atomic E-state index is 0.294. The molecule has 2 rings (SSSR count). The summed E-state index contributed by atoms with van der Waals surface area (Å²) in [7, 11) is 1.56. The first kappa shape index (κ1) is 20.8. The third-order valence-electron chi connectivity index (χ3n) is 4.22. The van der Waals surface area contributed by atoms with Crippen molar-refractivity contribution in [2.45, 2.75) is 12.6 Å². The first-order valence-corrected chi connectivity index (χ1v) is 8.30. The van der Waals surface area contributed by atoms with E-state index in [0.717, 1.165) is 4.90 Å². The van der Waals surface area contributed by atoms with Gasteiger partial charge in [-0.1, -0.05) is 12.1 Å². The van der Waals surface area contributed by atoms with Crippen LogP contribution in [0.3, 0.4) is 0 Å². The number of nitrogens with zero attached hydrogens (tertiary/aromatic N) is 1. The Balaban J connectivity index is 2.04. The fraction of sp³-hybridized carbons (Fsp3) is 0.529. The van der Waals surface area contributed by atoms with Crippen molar-refractivity contribution < 1.29 is 37.3 Å². The first-order valence-electron chi connectivity index (χ1n) is 8.30. The molecule has 0 bridgehead atoms. The van der Waals surface area contributed by atoms with Crippen LogP contribution in [-0.4, -0.2) is 61.6 Å². The Morgan fingerprint density at radius 3 is 2.56 bits per heavy atom. The highest BCUT2D eigenvalue weighted by Crippen LogP contribution is 2.38. The molecule has 1 heterocycles. The van der Waals surface area contributed by atoms with Gasteiger partial charge in [-0.05, 0) is 12.1 Å². The van der Waals surface area contributed by atoms with Gasteiger partial charge in [-0.2, -0.15) is 13.2 Å². The van der Waals surface area contributed by atoms with E-state index in [1.807, 2.05) is 0 Å². The summed E-state index contributed by atoms with van der Waals surface area (Å²) in [6.45, 7) is -0.384. The Morgan fingerprint density at radius 2 is 1.96 bits per heavy atom. The standard InChI is InChI=1S/C17H21F3N2O5/c1-26-7-4-8-27-14-6-3-2-5-13(14)21-16(25)22-9-11(15(23)24)12(10-22)17(18,19)20/h2-3,5-6,11-12H,4,7-10H2,1H3,(H,21,25)(H,23,24)/t11-,12-/m1/s1. The number of hydrogen-bond acceptors (Lipinski definition) is 4. The minimum Gasteiger partial charge on any atom is -0.491 e. The topological polar surface area (TPSA) is 88.1 Å². The SMILES string of the molecule is COCCCOc1ccccc1NC(=O)N1C[C@@H](C(F)(F)F)[C@H](C(=O)O)C1. The molecule has 1 aromatic rings. The molecule has 1 aliphatic rings. The number of carboxylic acid groups (broad SMARTS) is 1. The molecule has 27 heavy (non-hydrogen) atoms. The lowest BCUT2D eigenvalue weighted by molar-refractivity contribution is -0.187. The Hall–Kier alpha value is -2.49. The second-order valence-corrected chi connectivity index (χ2v) is 6.12. The van der Waals surface area contributed by atoms with E-state index in [1.54, 1.807) is 31.4 Å². The second kappa shape index (κ2) is 8.94. The summed E-state index contributed by atoms with van der Waals surface area (Å²) >= 11 is 0. The highest BCUT2D eigenvalue weighted by molar-refractivity contribution is 5.91. The lowest BCUT2D eigenvalue weighted by atomic mass is 9.96. The lowest BCUT2D eigenvalue weighted by Gasteiger charge is -2.19. The Kier molecular flexibility index (Phi) is 6.89. The molecule has 1 aliphatic heterocycles. The number of amides is 2. The number of urea groups is 1. The van der Waals surface area contributed by atoms with Crippen molar-refractivity contribution in [3.63, 3.8) is 0 Å². The van der Waals surface area contributed by atoms with Crippen LogP contribution in [0.15, 0.2) is 24.3 Å². The van der Waals surface area contributed by atoms with Gasteiger partial charge in [0.1, 0.15) is 5.75 Å². The largest absolute Gasteiger partial charge is 0.491 e. The fourth-order valence-electron chi connectivity index (χ4n) is 2.83. The number of aliphatic carboxylic acids is 1. The number of anilines is 1. The van der Waals surface area contributed by atoms with Crippen molar-refractivity contribution in [1.82, 2.24) is 4.90 Å². The molecule has 1 saturated heterocycles. The molecule has 10 heteroatoms. The number of para-hydroxylation sites is 2. The Bertz CT molecular complexity index is 668. The van der Waals surface area contributed by atoms with Crippen LogP contribution in [0.25, 0.3) is 0 Å². The van der Waals surface area contributed by atoms with E-state index in [0.29, 0.717) is 31.1 Å². The maximum absolute atomic E-state index is 13.0. The molecule has 0 aromatic heterocycles.